The molecule has 1 aromatic carbocycles. The minimum Gasteiger partial charge on any atom is -0.496 e. The van der Waals surface area contributed by atoms with Crippen LogP contribution < -0.4 is 9.47 Å². The maximum Gasteiger partial charge on any atom is 0.126 e. The molecular formula is C27H42O3. The largest absolute Gasteiger partial charge is 0.496 e. The van der Waals surface area contributed by atoms with Gasteiger partial charge in [0, 0.05) is 11.5 Å². The van der Waals surface area contributed by atoms with Crippen LogP contribution in [0.1, 0.15) is 90.2 Å². The number of benzene rings is 1. The molecular weight excluding hydrogens is 372 g/mol. The Bertz CT molecular complexity index is 749. The van der Waals surface area contributed by atoms with Gasteiger partial charge in [-0.3, -0.25) is 0 Å². The molecule has 1 saturated carbocycles. The first kappa shape index (κ1) is 23.2. The molecule has 0 amide bonds. The van der Waals surface area contributed by atoms with Crippen LogP contribution in [0.25, 0.3) is 0 Å². The van der Waals surface area contributed by atoms with E-state index in [0.29, 0.717) is 11.8 Å². The van der Waals surface area contributed by atoms with E-state index < -0.39 is 0 Å². The Labute approximate surface area is 183 Å². The summed E-state index contributed by atoms with van der Waals surface area (Å²) < 4.78 is 11.9. The molecule has 0 spiro atoms. The van der Waals surface area contributed by atoms with Crippen molar-refractivity contribution < 1.29 is 14.6 Å². The zero-order chi connectivity index (χ0) is 22.1. The van der Waals surface area contributed by atoms with Crippen LogP contribution in [0.2, 0.25) is 0 Å². The molecule has 3 nitrogen and oxygen atoms in total. The third-order valence-corrected chi connectivity index (χ3v) is 8.11. The fourth-order valence-corrected chi connectivity index (χ4v) is 5.90. The Hall–Kier alpha value is -1.48. The highest BCUT2D eigenvalue weighted by Gasteiger charge is 2.56. The summed E-state index contributed by atoms with van der Waals surface area (Å²) in [6.07, 6.45) is 9.70. The van der Waals surface area contributed by atoms with Gasteiger partial charge in [-0.2, -0.15) is 0 Å². The van der Waals surface area contributed by atoms with Crippen molar-refractivity contribution in [2.45, 2.75) is 84.5 Å². The van der Waals surface area contributed by atoms with E-state index in [9.17, 15) is 5.11 Å². The summed E-state index contributed by atoms with van der Waals surface area (Å²) in [5, 5.41) is 9.98. The normalized spacial score (nSPS) is 24.8. The van der Waals surface area contributed by atoms with Crippen LogP contribution in [0.3, 0.4) is 0 Å². The Kier molecular flexibility index (Phi) is 6.91. The Balaban J connectivity index is 1.99. The van der Waals surface area contributed by atoms with Crippen LogP contribution >= 0.6 is 0 Å². The first-order valence-corrected chi connectivity index (χ1v) is 11.8. The number of methoxy groups -OCH3 is 2. The second-order valence-electron chi connectivity index (χ2n) is 10.6. The second-order valence-corrected chi connectivity index (χ2v) is 10.6. The van der Waals surface area contributed by atoms with Gasteiger partial charge in [0.15, 0.2) is 0 Å². The van der Waals surface area contributed by atoms with E-state index >= 15 is 0 Å². The van der Waals surface area contributed by atoms with Gasteiger partial charge in [-0.1, -0.05) is 66.4 Å². The van der Waals surface area contributed by atoms with Crippen LogP contribution in [0.5, 0.6) is 11.5 Å². The van der Waals surface area contributed by atoms with Gasteiger partial charge in [-0.05, 0) is 58.8 Å². The van der Waals surface area contributed by atoms with Gasteiger partial charge in [0.2, 0.25) is 0 Å². The number of rotatable bonds is 10. The molecule has 0 aliphatic heterocycles. The third kappa shape index (κ3) is 4.02. The van der Waals surface area contributed by atoms with Crippen molar-refractivity contribution in [3.05, 3.63) is 34.9 Å². The van der Waals surface area contributed by atoms with Gasteiger partial charge in [0.05, 0.1) is 20.8 Å². The number of hydrogen-bond donors (Lipinski definition) is 1. The molecule has 3 atom stereocenters. The first-order chi connectivity index (χ1) is 14.2. The molecule has 3 aliphatic rings. The molecule has 30 heavy (non-hydrogen) atoms. The summed E-state index contributed by atoms with van der Waals surface area (Å²) >= 11 is 0. The van der Waals surface area contributed by atoms with Crippen molar-refractivity contribution in [2.75, 3.05) is 20.8 Å². The lowest BCUT2D eigenvalue weighted by Crippen LogP contribution is -2.51. The Morgan fingerprint density at radius 2 is 1.70 bits per heavy atom. The van der Waals surface area contributed by atoms with Gasteiger partial charge >= 0.3 is 0 Å². The molecule has 1 aromatic rings. The molecule has 0 radical (unpaired) electrons. The summed E-state index contributed by atoms with van der Waals surface area (Å²) in [5.41, 5.74) is 3.88. The van der Waals surface area contributed by atoms with Crippen LogP contribution in [0.4, 0.5) is 0 Å². The van der Waals surface area contributed by atoms with Crippen molar-refractivity contribution in [2.24, 2.45) is 17.3 Å². The SMILES string of the molecule is CCCCCCC(C)(C)c1cc(OC)c([C@H]2C=C(CO)[C@H]3C[C@H]2C3(C)C)c(OC)c1. The lowest BCUT2D eigenvalue weighted by molar-refractivity contribution is -0.0260. The molecule has 1 fully saturated rings. The predicted octanol–water partition coefficient (Wildman–Crippen LogP) is 6.63. The maximum atomic E-state index is 9.98. The molecule has 3 aliphatic carbocycles. The van der Waals surface area contributed by atoms with Crippen LogP contribution in [-0.4, -0.2) is 25.9 Å². The Morgan fingerprint density at radius 1 is 1.07 bits per heavy atom. The number of aliphatic hydroxyl groups is 1. The van der Waals surface area contributed by atoms with E-state index in [1.165, 1.54) is 36.8 Å². The van der Waals surface area contributed by atoms with Crippen molar-refractivity contribution in [3.8, 4) is 11.5 Å². The summed E-state index contributed by atoms with van der Waals surface area (Å²) in [5.74, 6) is 3.12. The molecule has 0 heterocycles. The van der Waals surface area contributed by atoms with Crippen LogP contribution in [-0.2, 0) is 5.41 Å². The first-order valence-electron chi connectivity index (χ1n) is 11.8. The molecule has 4 rings (SSSR count). The smallest absolute Gasteiger partial charge is 0.126 e. The fourth-order valence-electron chi connectivity index (χ4n) is 5.90. The quantitative estimate of drug-likeness (QED) is 0.345. The van der Waals surface area contributed by atoms with Crippen molar-refractivity contribution in [1.29, 1.82) is 0 Å². The average molecular weight is 415 g/mol. The maximum absolute atomic E-state index is 9.98. The van der Waals surface area contributed by atoms with Gasteiger partial charge in [-0.15, -0.1) is 0 Å². The molecule has 0 unspecified atom stereocenters. The number of ether oxygens (including phenoxy) is 2. The highest BCUT2D eigenvalue weighted by molar-refractivity contribution is 5.55. The highest BCUT2D eigenvalue weighted by atomic mass is 16.5. The van der Waals surface area contributed by atoms with Crippen molar-refractivity contribution in [3.63, 3.8) is 0 Å². The van der Waals surface area contributed by atoms with E-state index in [0.717, 1.165) is 29.9 Å². The second kappa shape index (κ2) is 8.94. The van der Waals surface area contributed by atoms with Gasteiger partial charge < -0.3 is 14.6 Å². The average Bonchev–Trinajstić information content (AvgIpc) is 2.74. The summed E-state index contributed by atoms with van der Waals surface area (Å²) in [6, 6.07) is 4.48. The summed E-state index contributed by atoms with van der Waals surface area (Å²) in [7, 11) is 3.54. The number of hydrogen-bond acceptors (Lipinski definition) is 3. The molecule has 168 valence electrons. The highest BCUT2D eigenvalue weighted by Crippen LogP contribution is 2.65. The van der Waals surface area contributed by atoms with E-state index in [1.807, 2.05) is 0 Å². The topological polar surface area (TPSA) is 38.7 Å². The van der Waals surface area contributed by atoms with E-state index in [4.69, 9.17) is 9.47 Å². The minimum absolute atomic E-state index is 0.0757. The molecule has 0 saturated heterocycles. The monoisotopic (exact) mass is 414 g/mol. The van der Waals surface area contributed by atoms with Crippen molar-refractivity contribution >= 4 is 0 Å². The fraction of sp³-hybridized carbons (Fsp3) is 0.704. The lowest BCUT2D eigenvalue weighted by Gasteiger charge is -2.59. The van der Waals surface area contributed by atoms with E-state index in [2.05, 4.69) is 52.8 Å². The van der Waals surface area contributed by atoms with Gasteiger partial charge in [-0.25, -0.2) is 0 Å². The van der Waals surface area contributed by atoms with Crippen molar-refractivity contribution in [1.82, 2.24) is 0 Å². The van der Waals surface area contributed by atoms with Gasteiger partial charge in [0.25, 0.3) is 0 Å². The molecule has 2 bridgehead atoms. The summed E-state index contributed by atoms with van der Waals surface area (Å²) in [6.45, 7) is 11.7. The van der Waals surface area contributed by atoms with Gasteiger partial charge in [0.1, 0.15) is 11.5 Å². The summed E-state index contributed by atoms with van der Waals surface area (Å²) in [4.78, 5) is 0. The zero-order valence-electron chi connectivity index (χ0n) is 20.2. The van der Waals surface area contributed by atoms with E-state index in [1.54, 1.807) is 14.2 Å². The predicted molar refractivity (Wildman–Crippen MR) is 125 cm³/mol. The lowest BCUT2D eigenvalue weighted by atomic mass is 9.45. The number of unbranched alkanes of at least 4 members (excludes halogenated alkanes) is 3. The number of allylic oxidation sites excluding steroid dienone is 1. The number of aliphatic hydroxyl groups excluding tert-OH is 1. The minimum atomic E-state index is 0.0757. The van der Waals surface area contributed by atoms with E-state index in [-0.39, 0.29) is 23.4 Å². The standard InChI is InChI=1S/C27H42O3/c1-8-9-10-11-12-26(2,3)19-14-23(29-6)25(24(15-19)30-7)20-13-18(17-28)21-16-22(20)27(21,4)5/h13-15,20-22,28H,8-12,16-17H2,1-7H3/t20-,21+,22+/m0/s1. The number of fused-ring (bicyclic) bond motifs is 1. The zero-order valence-corrected chi connectivity index (χ0v) is 20.2. The van der Waals surface area contributed by atoms with Crippen LogP contribution in [0.15, 0.2) is 23.8 Å². The third-order valence-electron chi connectivity index (χ3n) is 8.11. The Morgan fingerprint density at radius 3 is 2.20 bits per heavy atom. The molecule has 0 aromatic heterocycles. The molecule has 3 heteroatoms. The van der Waals surface area contributed by atoms with Crippen LogP contribution in [0, 0.1) is 17.3 Å². The molecule has 1 N–H and O–H groups in total.